The molecule has 2 nitrogen and oxygen atoms in total. The summed E-state index contributed by atoms with van der Waals surface area (Å²) < 4.78 is 0. The van der Waals surface area contributed by atoms with Crippen LogP contribution >= 0.6 is 0 Å². The van der Waals surface area contributed by atoms with Gasteiger partial charge in [0.05, 0.1) is 0 Å². The number of fused-ring (bicyclic) bond motifs is 1. The summed E-state index contributed by atoms with van der Waals surface area (Å²) in [5.41, 5.74) is 4.50. The minimum absolute atomic E-state index is 0.247. The number of H-pyrrole nitrogens is 1. The molecule has 0 aliphatic carbocycles. The smallest absolute Gasteiger partial charge is 0.0360 e. The maximum absolute atomic E-state index is 3.51. The molecule has 13 heavy (non-hydrogen) atoms. The first-order valence-electron chi connectivity index (χ1n) is 4.99. The standard InChI is InChI=1S/C11H18N2/c1-11(2,3)10-6-8-4-5-12-7-9(8)13-10/h6,12-13H,4-5,7H2,1-3H3. The van der Waals surface area contributed by atoms with Gasteiger partial charge in [-0.1, -0.05) is 20.8 Å². The van der Waals surface area contributed by atoms with E-state index in [0.29, 0.717) is 0 Å². The Bertz CT molecular complexity index is 281. The van der Waals surface area contributed by atoms with Crippen molar-refractivity contribution in [3.8, 4) is 0 Å². The van der Waals surface area contributed by atoms with E-state index in [2.05, 4.69) is 37.1 Å². The van der Waals surface area contributed by atoms with Crippen LogP contribution in [0.3, 0.4) is 0 Å². The van der Waals surface area contributed by atoms with E-state index in [1.165, 1.54) is 23.4 Å². The maximum Gasteiger partial charge on any atom is 0.0360 e. The predicted octanol–water partition coefficient (Wildman–Crippen LogP) is 1.96. The summed E-state index contributed by atoms with van der Waals surface area (Å²) in [5, 5.41) is 3.37. The fourth-order valence-electron chi connectivity index (χ4n) is 1.76. The van der Waals surface area contributed by atoms with Gasteiger partial charge in [0.1, 0.15) is 0 Å². The SMILES string of the molecule is CC(C)(C)c1cc2c([nH]1)CNCC2. The molecule has 2 N–H and O–H groups in total. The molecule has 0 spiro atoms. The second kappa shape index (κ2) is 2.88. The van der Waals surface area contributed by atoms with Gasteiger partial charge in [-0.25, -0.2) is 0 Å². The average Bonchev–Trinajstić information content (AvgIpc) is 2.45. The van der Waals surface area contributed by atoms with Crippen molar-refractivity contribution in [3.63, 3.8) is 0 Å². The highest BCUT2D eigenvalue weighted by Crippen LogP contribution is 2.25. The molecule has 0 unspecified atom stereocenters. The Hall–Kier alpha value is -0.760. The van der Waals surface area contributed by atoms with Crippen molar-refractivity contribution in [1.29, 1.82) is 0 Å². The van der Waals surface area contributed by atoms with Gasteiger partial charge in [-0.05, 0) is 24.6 Å². The van der Waals surface area contributed by atoms with Crippen LogP contribution in [0.2, 0.25) is 0 Å². The highest BCUT2D eigenvalue weighted by Gasteiger charge is 2.19. The first kappa shape index (κ1) is 8.82. The van der Waals surface area contributed by atoms with Crippen LogP contribution in [0.4, 0.5) is 0 Å². The van der Waals surface area contributed by atoms with Crippen LogP contribution in [0.5, 0.6) is 0 Å². The molecular formula is C11H18N2. The molecule has 0 amide bonds. The zero-order valence-corrected chi connectivity index (χ0v) is 8.70. The molecule has 0 saturated carbocycles. The van der Waals surface area contributed by atoms with Crippen LogP contribution in [-0.4, -0.2) is 11.5 Å². The summed E-state index contributed by atoms with van der Waals surface area (Å²) in [7, 11) is 0. The van der Waals surface area contributed by atoms with E-state index < -0.39 is 0 Å². The number of aromatic amines is 1. The summed E-state index contributed by atoms with van der Waals surface area (Å²) in [5.74, 6) is 0. The van der Waals surface area contributed by atoms with Gasteiger partial charge < -0.3 is 10.3 Å². The maximum atomic E-state index is 3.51. The van der Waals surface area contributed by atoms with E-state index in [0.717, 1.165) is 13.1 Å². The Morgan fingerprint density at radius 2 is 2.08 bits per heavy atom. The lowest BCUT2D eigenvalue weighted by Crippen LogP contribution is -2.22. The second-order valence-electron chi connectivity index (χ2n) is 4.86. The van der Waals surface area contributed by atoms with Gasteiger partial charge in [-0.3, -0.25) is 0 Å². The van der Waals surface area contributed by atoms with Crippen LogP contribution in [0, 0.1) is 0 Å². The Labute approximate surface area is 79.7 Å². The van der Waals surface area contributed by atoms with E-state index in [1.54, 1.807) is 0 Å². The van der Waals surface area contributed by atoms with Gasteiger partial charge in [-0.2, -0.15) is 0 Å². The third kappa shape index (κ3) is 1.63. The summed E-state index contributed by atoms with van der Waals surface area (Å²) >= 11 is 0. The average molecular weight is 178 g/mol. The Balaban J connectivity index is 2.36. The van der Waals surface area contributed by atoms with E-state index in [4.69, 9.17) is 0 Å². The summed E-state index contributed by atoms with van der Waals surface area (Å²) in [6.07, 6.45) is 1.17. The largest absolute Gasteiger partial charge is 0.361 e. The topological polar surface area (TPSA) is 27.8 Å². The zero-order chi connectivity index (χ0) is 9.47. The Kier molecular flexibility index (Phi) is 1.95. The normalized spacial score (nSPS) is 17.2. The molecule has 0 bridgehead atoms. The quantitative estimate of drug-likeness (QED) is 0.624. The molecular weight excluding hydrogens is 160 g/mol. The van der Waals surface area contributed by atoms with E-state index in [-0.39, 0.29) is 5.41 Å². The lowest BCUT2D eigenvalue weighted by atomic mass is 9.92. The third-order valence-corrected chi connectivity index (χ3v) is 2.67. The lowest BCUT2D eigenvalue weighted by molar-refractivity contribution is 0.568. The molecule has 0 atom stereocenters. The molecule has 1 aromatic heterocycles. The number of hydrogen-bond donors (Lipinski definition) is 2. The second-order valence-corrected chi connectivity index (χ2v) is 4.86. The van der Waals surface area contributed by atoms with Crippen LogP contribution in [0.25, 0.3) is 0 Å². The Morgan fingerprint density at radius 1 is 1.31 bits per heavy atom. The number of rotatable bonds is 0. The fraction of sp³-hybridized carbons (Fsp3) is 0.636. The van der Waals surface area contributed by atoms with Crippen molar-refractivity contribution in [2.75, 3.05) is 6.54 Å². The van der Waals surface area contributed by atoms with Gasteiger partial charge in [0.25, 0.3) is 0 Å². The monoisotopic (exact) mass is 178 g/mol. The first-order valence-corrected chi connectivity index (χ1v) is 4.99. The Morgan fingerprint density at radius 3 is 2.69 bits per heavy atom. The molecule has 2 rings (SSSR count). The van der Waals surface area contributed by atoms with Gasteiger partial charge >= 0.3 is 0 Å². The van der Waals surface area contributed by atoms with Crippen molar-refractivity contribution < 1.29 is 0 Å². The minimum atomic E-state index is 0.247. The molecule has 0 aromatic carbocycles. The molecule has 72 valence electrons. The van der Waals surface area contributed by atoms with Gasteiger partial charge in [0.15, 0.2) is 0 Å². The molecule has 1 aliphatic rings. The molecule has 0 radical (unpaired) electrons. The highest BCUT2D eigenvalue weighted by atomic mass is 14.9. The van der Waals surface area contributed by atoms with Crippen molar-refractivity contribution in [2.45, 2.75) is 39.2 Å². The molecule has 2 heteroatoms. The van der Waals surface area contributed by atoms with Crippen molar-refractivity contribution in [1.82, 2.24) is 10.3 Å². The number of aromatic nitrogens is 1. The van der Waals surface area contributed by atoms with Gasteiger partial charge in [0.2, 0.25) is 0 Å². The van der Waals surface area contributed by atoms with Crippen molar-refractivity contribution in [2.24, 2.45) is 0 Å². The van der Waals surface area contributed by atoms with Crippen LogP contribution in [0.1, 0.15) is 37.7 Å². The lowest BCUT2D eigenvalue weighted by Gasteiger charge is -2.16. The molecule has 0 saturated heterocycles. The van der Waals surface area contributed by atoms with Crippen molar-refractivity contribution >= 4 is 0 Å². The molecule has 1 aliphatic heterocycles. The first-order chi connectivity index (χ1) is 6.07. The van der Waals surface area contributed by atoms with Gasteiger partial charge in [-0.15, -0.1) is 0 Å². The van der Waals surface area contributed by atoms with Gasteiger partial charge in [0, 0.05) is 23.3 Å². The summed E-state index contributed by atoms with van der Waals surface area (Å²) in [6.45, 7) is 8.87. The molecule has 1 aromatic rings. The fourth-order valence-corrected chi connectivity index (χ4v) is 1.76. The highest BCUT2D eigenvalue weighted by molar-refractivity contribution is 5.31. The molecule has 0 fully saturated rings. The minimum Gasteiger partial charge on any atom is -0.361 e. The molecule has 2 heterocycles. The van der Waals surface area contributed by atoms with Crippen LogP contribution in [-0.2, 0) is 18.4 Å². The third-order valence-electron chi connectivity index (χ3n) is 2.67. The van der Waals surface area contributed by atoms with E-state index in [1.807, 2.05) is 0 Å². The van der Waals surface area contributed by atoms with Crippen LogP contribution in [0.15, 0.2) is 6.07 Å². The van der Waals surface area contributed by atoms with Crippen molar-refractivity contribution in [3.05, 3.63) is 23.0 Å². The van der Waals surface area contributed by atoms with E-state index in [9.17, 15) is 0 Å². The zero-order valence-electron chi connectivity index (χ0n) is 8.70. The van der Waals surface area contributed by atoms with Crippen LogP contribution < -0.4 is 5.32 Å². The predicted molar refractivity (Wildman–Crippen MR) is 54.9 cm³/mol. The summed E-state index contributed by atoms with van der Waals surface area (Å²) in [6, 6.07) is 2.33. The number of hydrogen-bond acceptors (Lipinski definition) is 1. The summed E-state index contributed by atoms with van der Waals surface area (Å²) in [4.78, 5) is 3.51. The van der Waals surface area contributed by atoms with E-state index >= 15 is 0 Å². The number of nitrogens with one attached hydrogen (secondary N) is 2.